The number of nitrogens with zero attached hydrogens (tertiary/aromatic N) is 1. The van der Waals surface area contributed by atoms with Crippen LogP contribution in [0.25, 0.3) is 0 Å². The van der Waals surface area contributed by atoms with E-state index in [1.54, 1.807) is 17.0 Å². The van der Waals surface area contributed by atoms with Crippen LogP contribution in [0, 0.1) is 0 Å². The number of benzene rings is 1. The van der Waals surface area contributed by atoms with E-state index in [1.807, 2.05) is 6.07 Å². The summed E-state index contributed by atoms with van der Waals surface area (Å²) < 4.78 is 5.35. The molecule has 7 nitrogen and oxygen atoms in total. The van der Waals surface area contributed by atoms with Crippen LogP contribution in [0.3, 0.4) is 0 Å². The molecule has 0 radical (unpaired) electrons. The third kappa shape index (κ3) is 4.17. The molecular formula is C18H22N2O5. The van der Waals surface area contributed by atoms with E-state index in [0.29, 0.717) is 44.5 Å². The zero-order valence-corrected chi connectivity index (χ0v) is 14.0. The van der Waals surface area contributed by atoms with Gasteiger partial charge in [-0.05, 0) is 43.0 Å². The SMILES string of the molecule is O=C(O)CCN(C(=O)c1ccc2c(c1)CCC(=O)N2)C1CCOCC1. The van der Waals surface area contributed by atoms with Gasteiger partial charge in [0.05, 0.1) is 6.42 Å². The van der Waals surface area contributed by atoms with Gasteiger partial charge in [-0.2, -0.15) is 0 Å². The fourth-order valence-corrected chi connectivity index (χ4v) is 3.35. The van der Waals surface area contributed by atoms with Gasteiger partial charge in [0.25, 0.3) is 5.91 Å². The molecule has 0 bridgehead atoms. The standard InChI is InChI=1S/C18H22N2O5/c21-16-4-2-12-11-13(1-3-15(12)19-16)18(24)20(8-5-17(22)23)14-6-9-25-10-7-14/h1,3,11,14H,2,4-10H2,(H,19,21)(H,22,23). The Hall–Kier alpha value is -2.41. The van der Waals surface area contributed by atoms with E-state index in [9.17, 15) is 14.4 Å². The minimum Gasteiger partial charge on any atom is -0.481 e. The second kappa shape index (κ2) is 7.65. The third-order valence-corrected chi connectivity index (χ3v) is 4.71. The Morgan fingerprint density at radius 2 is 2.00 bits per heavy atom. The number of anilines is 1. The maximum absolute atomic E-state index is 13.0. The molecule has 2 aliphatic rings. The van der Waals surface area contributed by atoms with Gasteiger partial charge in [-0.1, -0.05) is 0 Å². The molecule has 0 unspecified atom stereocenters. The Bertz CT molecular complexity index is 682. The Balaban J connectivity index is 1.80. The summed E-state index contributed by atoms with van der Waals surface area (Å²) in [7, 11) is 0. The lowest BCUT2D eigenvalue weighted by molar-refractivity contribution is -0.137. The lowest BCUT2D eigenvalue weighted by atomic mass is 9.99. The monoisotopic (exact) mass is 346 g/mol. The van der Waals surface area contributed by atoms with Crippen LogP contribution in [0.1, 0.15) is 41.6 Å². The molecule has 0 atom stereocenters. The number of rotatable bonds is 5. The molecule has 134 valence electrons. The van der Waals surface area contributed by atoms with Gasteiger partial charge in [-0.25, -0.2) is 0 Å². The van der Waals surface area contributed by atoms with Crippen LogP contribution < -0.4 is 5.32 Å². The van der Waals surface area contributed by atoms with Crippen molar-refractivity contribution in [3.05, 3.63) is 29.3 Å². The predicted molar refractivity (Wildman–Crippen MR) is 90.5 cm³/mol. The lowest BCUT2D eigenvalue weighted by Gasteiger charge is -2.34. The minimum atomic E-state index is -0.919. The Kier molecular flexibility index (Phi) is 5.33. The van der Waals surface area contributed by atoms with Crippen molar-refractivity contribution >= 4 is 23.5 Å². The molecule has 2 heterocycles. The second-order valence-corrected chi connectivity index (χ2v) is 6.41. The summed E-state index contributed by atoms with van der Waals surface area (Å²) in [5.41, 5.74) is 2.22. The number of hydrogen-bond donors (Lipinski definition) is 2. The number of carbonyl (C=O) groups is 3. The highest BCUT2D eigenvalue weighted by molar-refractivity contribution is 5.98. The van der Waals surface area contributed by atoms with E-state index in [4.69, 9.17) is 9.84 Å². The van der Waals surface area contributed by atoms with Gasteiger partial charge in [-0.15, -0.1) is 0 Å². The number of hydrogen-bond acceptors (Lipinski definition) is 4. The van der Waals surface area contributed by atoms with Gasteiger partial charge >= 0.3 is 5.97 Å². The zero-order chi connectivity index (χ0) is 17.8. The average molecular weight is 346 g/mol. The lowest BCUT2D eigenvalue weighted by Crippen LogP contribution is -2.44. The maximum atomic E-state index is 13.0. The Labute approximate surface area is 146 Å². The van der Waals surface area contributed by atoms with Crippen molar-refractivity contribution in [2.45, 2.75) is 38.1 Å². The number of carbonyl (C=O) groups excluding carboxylic acids is 2. The van der Waals surface area contributed by atoms with Crippen LogP contribution in [-0.2, 0) is 20.7 Å². The van der Waals surface area contributed by atoms with Gasteiger partial charge in [0.1, 0.15) is 0 Å². The third-order valence-electron chi connectivity index (χ3n) is 4.71. The van der Waals surface area contributed by atoms with Crippen LogP contribution >= 0.6 is 0 Å². The molecule has 0 saturated carbocycles. The van der Waals surface area contributed by atoms with E-state index < -0.39 is 5.97 Å². The molecular weight excluding hydrogens is 324 g/mol. The number of aliphatic carboxylic acids is 1. The number of carboxylic acid groups (broad SMARTS) is 1. The van der Waals surface area contributed by atoms with Crippen LogP contribution in [-0.4, -0.2) is 53.6 Å². The van der Waals surface area contributed by atoms with E-state index >= 15 is 0 Å². The number of carboxylic acids is 1. The first-order chi connectivity index (χ1) is 12.0. The van der Waals surface area contributed by atoms with Crippen LogP contribution in [0.2, 0.25) is 0 Å². The first-order valence-electron chi connectivity index (χ1n) is 8.58. The van der Waals surface area contributed by atoms with Crippen LogP contribution in [0.15, 0.2) is 18.2 Å². The molecule has 1 aromatic rings. The van der Waals surface area contributed by atoms with Crippen molar-refractivity contribution in [1.29, 1.82) is 0 Å². The molecule has 2 aliphatic heterocycles. The highest BCUT2D eigenvalue weighted by Gasteiger charge is 2.28. The molecule has 1 saturated heterocycles. The van der Waals surface area contributed by atoms with E-state index in [0.717, 1.165) is 11.3 Å². The molecule has 0 aromatic heterocycles. The Morgan fingerprint density at radius 3 is 2.72 bits per heavy atom. The quantitative estimate of drug-likeness (QED) is 0.845. The number of ether oxygens (including phenoxy) is 1. The van der Waals surface area contributed by atoms with Gasteiger partial charge in [0.2, 0.25) is 5.91 Å². The fourth-order valence-electron chi connectivity index (χ4n) is 3.35. The van der Waals surface area contributed by atoms with Crippen molar-refractivity contribution in [2.24, 2.45) is 0 Å². The van der Waals surface area contributed by atoms with Crippen molar-refractivity contribution in [3.8, 4) is 0 Å². The minimum absolute atomic E-state index is 0.00339. The van der Waals surface area contributed by atoms with E-state index in [-0.39, 0.29) is 30.8 Å². The first-order valence-corrected chi connectivity index (χ1v) is 8.58. The summed E-state index contributed by atoms with van der Waals surface area (Å²) in [6.07, 6.45) is 2.37. The molecule has 2 N–H and O–H groups in total. The first kappa shape index (κ1) is 17.4. The summed E-state index contributed by atoms with van der Waals surface area (Å²) in [5, 5.41) is 11.8. The van der Waals surface area contributed by atoms with Gasteiger partial charge in [0.15, 0.2) is 0 Å². The summed E-state index contributed by atoms with van der Waals surface area (Å²) in [4.78, 5) is 37.1. The number of fused-ring (bicyclic) bond motifs is 1. The largest absolute Gasteiger partial charge is 0.481 e. The molecule has 3 rings (SSSR count). The Morgan fingerprint density at radius 1 is 1.24 bits per heavy atom. The van der Waals surface area contributed by atoms with E-state index in [2.05, 4.69) is 5.32 Å². The highest BCUT2D eigenvalue weighted by Crippen LogP contribution is 2.25. The molecule has 2 amide bonds. The second-order valence-electron chi connectivity index (χ2n) is 6.41. The van der Waals surface area contributed by atoms with Crippen molar-refractivity contribution in [1.82, 2.24) is 4.90 Å². The smallest absolute Gasteiger partial charge is 0.305 e. The molecule has 0 aliphatic carbocycles. The highest BCUT2D eigenvalue weighted by atomic mass is 16.5. The summed E-state index contributed by atoms with van der Waals surface area (Å²) >= 11 is 0. The molecule has 1 aromatic carbocycles. The molecule has 25 heavy (non-hydrogen) atoms. The number of aryl methyl sites for hydroxylation is 1. The summed E-state index contributed by atoms with van der Waals surface area (Å²) in [6, 6.07) is 5.25. The normalized spacial score (nSPS) is 17.5. The molecule has 7 heteroatoms. The molecule has 0 spiro atoms. The zero-order valence-electron chi connectivity index (χ0n) is 14.0. The van der Waals surface area contributed by atoms with Crippen molar-refractivity contribution in [2.75, 3.05) is 25.1 Å². The predicted octanol–water partition coefficient (Wildman–Crippen LogP) is 1.67. The van der Waals surface area contributed by atoms with Crippen molar-refractivity contribution in [3.63, 3.8) is 0 Å². The van der Waals surface area contributed by atoms with Crippen molar-refractivity contribution < 1.29 is 24.2 Å². The number of amides is 2. The van der Waals surface area contributed by atoms with Gasteiger partial charge < -0.3 is 20.1 Å². The number of nitrogens with one attached hydrogen (secondary N) is 1. The topological polar surface area (TPSA) is 95.9 Å². The maximum Gasteiger partial charge on any atom is 0.305 e. The van der Waals surface area contributed by atoms with Crippen LogP contribution in [0.5, 0.6) is 0 Å². The average Bonchev–Trinajstić information content (AvgIpc) is 2.62. The van der Waals surface area contributed by atoms with Gasteiger partial charge in [0, 0.05) is 43.5 Å². The fraction of sp³-hybridized carbons (Fsp3) is 0.500. The molecule has 1 fully saturated rings. The summed E-state index contributed by atoms with van der Waals surface area (Å²) in [5.74, 6) is -1.09. The van der Waals surface area contributed by atoms with E-state index in [1.165, 1.54) is 0 Å². The summed E-state index contributed by atoms with van der Waals surface area (Å²) in [6.45, 7) is 1.35. The van der Waals surface area contributed by atoms with Gasteiger partial charge in [-0.3, -0.25) is 14.4 Å². The van der Waals surface area contributed by atoms with Crippen LogP contribution in [0.4, 0.5) is 5.69 Å².